The van der Waals surface area contributed by atoms with Gasteiger partial charge in [0.25, 0.3) is 0 Å². The van der Waals surface area contributed by atoms with E-state index in [9.17, 15) is 0 Å². The van der Waals surface area contributed by atoms with E-state index in [-0.39, 0.29) is 0 Å². The standard InChI is InChI=1S/C24H23N7O/c1-16-22(17-2-3-18-13-25-14-19(18)12-17)29-23(24-26-6-7-31(16)24)28-21-5-4-20(15-27-21)30-8-10-32-11-9-30/h2-7,12-13,15H,8-11,14H2,1H3,(H,27,28,29). The lowest BCUT2D eigenvalue weighted by molar-refractivity contribution is 0.122. The molecule has 8 nitrogen and oxygen atoms in total. The molecule has 0 saturated carbocycles. The summed E-state index contributed by atoms with van der Waals surface area (Å²) in [6, 6.07) is 10.5. The molecule has 6 rings (SSSR count). The molecule has 0 spiro atoms. The van der Waals surface area contributed by atoms with Gasteiger partial charge in [-0.05, 0) is 36.2 Å². The Kier molecular flexibility index (Phi) is 4.57. The molecule has 2 aliphatic heterocycles. The van der Waals surface area contributed by atoms with Gasteiger partial charge in [0, 0.05) is 43.0 Å². The van der Waals surface area contributed by atoms with Gasteiger partial charge in [-0.15, -0.1) is 0 Å². The molecule has 32 heavy (non-hydrogen) atoms. The molecule has 0 bridgehead atoms. The van der Waals surface area contributed by atoms with E-state index in [1.807, 2.05) is 24.7 Å². The largest absolute Gasteiger partial charge is 0.378 e. The number of nitrogens with zero attached hydrogens (tertiary/aromatic N) is 6. The molecule has 0 aliphatic carbocycles. The molecular formula is C24H23N7O. The van der Waals surface area contributed by atoms with Gasteiger partial charge in [0.1, 0.15) is 5.82 Å². The third-order valence-corrected chi connectivity index (χ3v) is 6.06. The van der Waals surface area contributed by atoms with Gasteiger partial charge in [-0.25, -0.2) is 15.0 Å². The summed E-state index contributed by atoms with van der Waals surface area (Å²) in [5, 5.41) is 3.38. The van der Waals surface area contributed by atoms with Crippen molar-refractivity contribution in [2.75, 3.05) is 36.5 Å². The molecule has 0 atom stereocenters. The topological polar surface area (TPSA) is 79.9 Å². The third-order valence-electron chi connectivity index (χ3n) is 6.06. The highest BCUT2D eigenvalue weighted by atomic mass is 16.5. The van der Waals surface area contributed by atoms with Crippen molar-refractivity contribution in [3.8, 4) is 11.3 Å². The number of pyridine rings is 1. The van der Waals surface area contributed by atoms with Crippen molar-refractivity contribution >= 4 is 29.2 Å². The third kappa shape index (κ3) is 3.29. The number of morpholine rings is 1. The predicted octanol–water partition coefficient (Wildman–Crippen LogP) is 3.61. The molecule has 1 aromatic carbocycles. The summed E-state index contributed by atoms with van der Waals surface area (Å²) in [4.78, 5) is 20.8. The van der Waals surface area contributed by atoms with E-state index in [0.717, 1.165) is 67.0 Å². The minimum Gasteiger partial charge on any atom is -0.378 e. The average molecular weight is 425 g/mol. The Labute approximate surface area is 185 Å². The summed E-state index contributed by atoms with van der Waals surface area (Å²) in [5.41, 5.74) is 7.30. The lowest BCUT2D eigenvalue weighted by Gasteiger charge is -2.28. The SMILES string of the molecule is Cc1c(-c2ccc3c(c2)CN=C3)nc(Nc2ccc(N3CCOCC3)cn2)c2nccn12. The van der Waals surface area contributed by atoms with Crippen LogP contribution in [0.3, 0.4) is 0 Å². The Morgan fingerprint density at radius 2 is 1.97 bits per heavy atom. The minimum atomic E-state index is 0.680. The highest BCUT2D eigenvalue weighted by Gasteiger charge is 2.17. The van der Waals surface area contributed by atoms with Gasteiger partial charge in [0.2, 0.25) is 0 Å². The lowest BCUT2D eigenvalue weighted by Crippen LogP contribution is -2.36. The molecule has 0 radical (unpaired) electrons. The summed E-state index contributed by atoms with van der Waals surface area (Å²) < 4.78 is 7.51. The molecule has 1 fully saturated rings. The molecule has 0 amide bonds. The number of nitrogens with one attached hydrogen (secondary N) is 1. The highest BCUT2D eigenvalue weighted by Crippen LogP contribution is 2.30. The Bertz CT molecular complexity index is 1320. The van der Waals surface area contributed by atoms with Crippen LogP contribution in [0.25, 0.3) is 16.9 Å². The van der Waals surface area contributed by atoms with E-state index in [2.05, 4.69) is 60.8 Å². The van der Waals surface area contributed by atoms with Crippen LogP contribution in [0.4, 0.5) is 17.3 Å². The van der Waals surface area contributed by atoms with Crippen LogP contribution >= 0.6 is 0 Å². The summed E-state index contributed by atoms with van der Waals surface area (Å²) in [7, 11) is 0. The van der Waals surface area contributed by atoms with Gasteiger partial charge in [-0.2, -0.15) is 0 Å². The number of rotatable bonds is 4. The van der Waals surface area contributed by atoms with E-state index in [1.54, 1.807) is 6.20 Å². The first-order chi connectivity index (χ1) is 15.8. The van der Waals surface area contributed by atoms with Crippen molar-refractivity contribution in [3.05, 3.63) is 65.7 Å². The number of fused-ring (bicyclic) bond motifs is 2. The van der Waals surface area contributed by atoms with Gasteiger partial charge >= 0.3 is 0 Å². The fourth-order valence-corrected chi connectivity index (χ4v) is 4.31. The molecule has 3 aromatic heterocycles. The van der Waals surface area contributed by atoms with E-state index < -0.39 is 0 Å². The van der Waals surface area contributed by atoms with Crippen LogP contribution in [0.2, 0.25) is 0 Å². The Morgan fingerprint density at radius 3 is 2.81 bits per heavy atom. The van der Waals surface area contributed by atoms with Crippen LogP contribution in [0.1, 0.15) is 16.8 Å². The van der Waals surface area contributed by atoms with Crippen LogP contribution in [-0.4, -0.2) is 51.9 Å². The monoisotopic (exact) mass is 425 g/mol. The maximum atomic E-state index is 5.44. The van der Waals surface area contributed by atoms with Gasteiger partial charge < -0.3 is 15.0 Å². The maximum absolute atomic E-state index is 5.44. The number of imidazole rings is 1. The Balaban J connectivity index is 1.35. The van der Waals surface area contributed by atoms with Crippen molar-refractivity contribution in [1.29, 1.82) is 0 Å². The summed E-state index contributed by atoms with van der Waals surface area (Å²) in [5.74, 6) is 1.41. The number of benzene rings is 1. The first-order valence-corrected chi connectivity index (χ1v) is 10.8. The Morgan fingerprint density at radius 1 is 1.06 bits per heavy atom. The van der Waals surface area contributed by atoms with Crippen LogP contribution in [-0.2, 0) is 11.3 Å². The quantitative estimate of drug-likeness (QED) is 0.538. The molecular weight excluding hydrogens is 402 g/mol. The van der Waals surface area contributed by atoms with E-state index in [0.29, 0.717) is 5.82 Å². The second kappa shape index (κ2) is 7.72. The fraction of sp³-hybridized carbons (Fsp3) is 0.250. The van der Waals surface area contributed by atoms with E-state index in [1.165, 1.54) is 11.1 Å². The number of aromatic nitrogens is 4. The van der Waals surface area contributed by atoms with E-state index in [4.69, 9.17) is 9.72 Å². The molecule has 1 N–H and O–H groups in total. The zero-order valence-corrected chi connectivity index (χ0v) is 17.8. The number of hydrogen-bond donors (Lipinski definition) is 1. The smallest absolute Gasteiger partial charge is 0.180 e. The normalized spacial score (nSPS) is 15.3. The van der Waals surface area contributed by atoms with Crippen molar-refractivity contribution in [3.63, 3.8) is 0 Å². The molecule has 160 valence electrons. The number of hydrogen-bond acceptors (Lipinski definition) is 7. The molecule has 0 unspecified atom stereocenters. The van der Waals surface area contributed by atoms with Crippen LogP contribution in [0, 0.1) is 6.92 Å². The van der Waals surface area contributed by atoms with Crippen LogP contribution in [0.15, 0.2) is 53.9 Å². The lowest BCUT2D eigenvalue weighted by atomic mass is 10.0. The fourth-order valence-electron chi connectivity index (χ4n) is 4.31. The number of aryl methyl sites for hydroxylation is 1. The Hall–Kier alpha value is -3.78. The summed E-state index contributed by atoms with van der Waals surface area (Å²) >= 11 is 0. The second-order valence-corrected chi connectivity index (χ2v) is 8.02. The average Bonchev–Trinajstić information content (AvgIpc) is 3.52. The number of ether oxygens (including phenoxy) is 1. The minimum absolute atomic E-state index is 0.680. The molecule has 5 heterocycles. The summed E-state index contributed by atoms with van der Waals surface area (Å²) in [6.07, 6.45) is 7.58. The van der Waals surface area contributed by atoms with E-state index >= 15 is 0 Å². The molecule has 1 saturated heterocycles. The zero-order valence-electron chi connectivity index (χ0n) is 17.8. The second-order valence-electron chi connectivity index (χ2n) is 8.02. The van der Waals surface area contributed by atoms with Gasteiger partial charge in [0.05, 0.1) is 37.3 Å². The number of aliphatic imine (C=N–C) groups is 1. The van der Waals surface area contributed by atoms with Gasteiger partial charge in [0.15, 0.2) is 11.5 Å². The van der Waals surface area contributed by atoms with Crippen LogP contribution in [0.5, 0.6) is 0 Å². The molecule has 2 aliphatic rings. The van der Waals surface area contributed by atoms with Crippen molar-refractivity contribution in [2.24, 2.45) is 4.99 Å². The first-order valence-electron chi connectivity index (χ1n) is 10.8. The highest BCUT2D eigenvalue weighted by molar-refractivity contribution is 5.86. The predicted molar refractivity (Wildman–Crippen MR) is 125 cm³/mol. The first kappa shape index (κ1) is 18.9. The zero-order chi connectivity index (χ0) is 21.5. The number of anilines is 3. The van der Waals surface area contributed by atoms with Gasteiger partial charge in [-0.1, -0.05) is 12.1 Å². The van der Waals surface area contributed by atoms with Crippen LogP contribution < -0.4 is 10.2 Å². The maximum Gasteiger partial charge on any atom is 0.180 e. The molecule has 8 heteroatoms. The molecule has 4 aromatic rings. The van der Waals surface area contributed by atoms with Gasteiger partial charge in [-0.3, -0.25) is 9.39 Å². The van der Waals surface area contributed by atoms with Crippen molar-refractivity contribution < 1.29 is 4.74 Å². The van der Waals surface area contributed by atoms with Crippen molar-refractivity contribution in [2.45, 2.75) is 13.5 Å². The van der Waals surface area contributed by atoms with Crippen molar-refractivity contribution in [1.82, 2.24) is 19.4 Å². The summed E-state index contributed by atoms with van der Waals surface area (Å²) in [6.45, 7) is 6.07.